The van der Waals surface area contributed by atoms with Gasteiger partial charge in [-0.15, -0.1) is 10.2 Å². The fourth-order valence-electron chi connectivity index (χ4n) is 2.57. The van der Waals surface area contributed by atoms with Crippen molar-refractivity contribution in [3.05, 3.63) is 34.1 Å². The Bertz CT molecular complexity index is 642. The van der Waals surface area contributed by atoms with Crippen LogP contribution < -0.4 is 0 Å². The zero-order valence-electron chi connectivity index (χ0n) is 11.9. The second-order valence-electron chi connectivity index (χ2n) is 5.32. The Morgan fingerprint density at radius 1 is 1.29 bits per heavy atom. The molecule has 3 rings (SSSR count). The van der Waals surface area contributed by atoms with Gasteiger partial charge in [-0.1, -0.05) is 22.4 Å². The molecule has 1 aliphatic heterocycles. The summed E-state index contributed by atoms with van der Waals surface area (Å²) < 4.78 is 3.20. The maximum Gasteiger partial charge on any atom is 0.196 e. The van der Waals surface area contributed by atoms with Gasteiger partial charge in [0.05, 0.1) is 6.10 Å². The first-order chi connectivity index (χ1) is 10.1. The second kappa shape index (κ2) is 6.50. The molecule has 1 aliphatic rings. The molecule has 0 amide bonds. The number of aryl methyl sites for hydroxylation is 1. The zero-order chi connectivity index (χ0) is 14.8. The standard InChI is InChI=1S/C15H18BrN3OS/c1-10(20)12-9-11(16)6-7-13(12)21-15-18-17-14-5-3-2-4-8-19(14)15/h6-7,9-10,20H,2-5,8H2,1H3. The van der Waals surface area contributed by atoms with Gasteiger partial charge in [-0.05, 0) is 55.3 Å². The van der Waals surface area contributed by atoms with E-state index in [0.717, 1.165) is 38.9 Å². The number of aliphatic hydroxyl groups is 1. The van der Waals surface area contributed by atoms with Crippen molar-refractivity contribution in [2.45, 2.75) is 55.3 Å². The lowest BCUT2D eigenvalue weighted by atomic mass is 10.1. The molecule has 0 radical (unpaired) electrons. The summed E-state index contributed by atoms with van der Waals surface area (Å²) in [5.74, 6) is 1.09. The second-order valence-corrected chi connectivity index (χ2v) is 7.25. The Labute approximate surface area is 137 Å². The van der Waals surface area contributed by atoms with Gasteiger partial charge in [-0.2, -0.15) is 0 Å². The van der Waals surface area contributed by atoms with Crippen LogP contribution in [0.15, 0.2) is 32.7 Å². The van der Waals surface area contributed by atoms with E-state index in [9.17, 15) is 5.11 Å². The summed E-state index contributed by atoms with van der Waals surface area (Å²) >= 11 is 5.05. The van der Waals surface area contributed by atoms with Crippen LogP contribution in [0, 0.1) is 0 Å². The number of benzene rings is 1. The molecule has 1 unspecified atom stereocenters. The van der Waals surface area contributed by atoms with Crippen LogP contribution in [0.3, 0.4) is 0 Å². The number of aliphatic hydroxyl groups excluding tert-OH is 1. The van der Waals surface area contributed by atoms with Crippen LogP contribution in [0.2, 0.25) is 0 Å². The van der Waals surface area contributed by atoms with Crippen LogP contribution in [-0.4, -0.2) is 19.9 Å². The number of hydrogen-bond donors (Lipinski definition) is 1. The Hall–Kier alpha value is -0.850. The Morgan fingerprint density at radius 3 is 2.95 bits per heavy atom. The molecule has 21 heavy (non-hydrogen) atoms. The maximum atomic E-state index is 9.96. The summed E-state index contributed by atoms with van der Waals surface area (Å²) in [4.78, 5) is 1.03. The predicted molar refractivity (Wildman–Crippen MR) is 86.5 cm³/mol. The van der Waals surface area contributed by atoms with Gasteiger partial charge in [0.25, 0.3) is 0 Å². The largest absolute Gasteiger partial charge is 0.389 e. The van der Waals surface area contributed by atoms with Crippen molar-refractivity contribution in [3.8, 4) is 0 Å². The summed E-state index contributed by atoms with van der Waals surface area (Å²) in [5, 5.41) is 19.6. The topological polar surface area (TPSA) is 50.9 Å². The van der Waals surface area contributed by atoms with Gasteiger partial charge in [-0.25, -0.2) is 0 Å². The normalized spacial score (nSPS) is 16.3. The first-order valence-corrected chi connectivity index (χ1v) is 8.83. The van der Waals surface area contributed by atoms with Gasteiger partial charge in [0.2, 0.25) is 0 Å². The number of aromatic nitrogens is 3. The fourth-order valence-corrected chi connectivity index (χ4v) is 4.02. The van der Waals surface area contributed by atoms with Crippen LogP contribution in [0.1, 0.15) is 43.7 Å². The molecule has 6 heteroatoms. The van der Waals surface area contributed by atoms with Crippen LogP contribution in [0.25, 0.3) is 0 Å². The lowest BCUT2D eigenvalue weighted by Crippen LogP contribution is -2.02. The van der Waals surface area contributed by atoms with Crippen molar-refractivity contribution < 1.29 is 5.11 Å². The lowest BCUT2D eigenvalue weighted by molar-refractivity contribution is 0.196. The summed E-state index contributed by atoms with van der Waals surface area (Å²) in [6, 6.07) is 5.98. The van der Waals surface area contributed by atoms with Gasteiger partial charge in [0, 0.05) is 22.3 Å². The molecule has 0 bridgehead atoms. The van der Waals surface area contributed by atoms with E-state index in [0.29, 0.717) is 0 Å². The molecule has 0 saturated carbocycles. The molecule has 1 aromatic carbocycles. The number of hydrogen-bond acceptors (Lipinski definition) is 4. The highest BCUT2D eigenvalue weighted by Crippen LogP contribution is 2.35. The zero-order valence-corrected chi connectivity index (χ0v) is 14.3. The Morgan fingerprint density at radius 2 is 2.14 bits per heavy atom. The van der Waals surface area contributed by atoms with Gasteiger partial charge >= 0.3 is 0 Å². The minimum Gasteiger partial charge on any atom is -0.389 e. The van der Waals surface area contributed by atoms with Crippen LogP contribution >= 0.6 is 27.7 Å². The van der Waals surface area contributed by atoms with Crippen LogP contribution in [0.4, 0.5) is 0 Å². The van der Waals surface area contributed by atoms with Crippen molar-refractivity contribution in [2.24, 2.45) is 0 Å². The van der Waals surface area contributed by atoms with E-state index >= 15 is 0 Å². The summed E-state index contributed by atoms with van der Waals surface area (Å²) in [6.45, 7) is 2.78. The smallest absolute Gasteiger partial charge is 0.196 e. The highest BCUT2D eigenvalue weighted by molar-refractivity contribution is 9.10. The Balaban J connectivity index is 1.92. The molecule has 1 atom stereocenters. The highest BCUT2D eigenvalue weighted by atomic mass is 79.9. The number of halogens is 1. The minimum absolute atomic E-state index is 0.503. The third-order valence-corrected chi connectivity index (χ3v) is 5.27. The van der Waals surface area contributed by atoms with E-state index in [1.807, 2.05) is 18.2 Å². The van der Waals surface area contributed by atoms with Gasteiger partial charge in [0.1, 0.15) is 5.82 Å². The average Bonchev–Trinajstić information content (AvgIpc) is 2.69. The van der Waals surface area contributed by atoms with E-state index < -0.39 is 6.10 Å². The number of rotatable bonds is 3. The highest BCUT2D eigenvalue weighted by Gasteiger charge is 2.18. The van der Waals surface area contributed by atoms with Crippen LogP contribution in [-0.2, 0) is 13.0 Å². The SMILES string of the molecule is CC(O)c1cc(Br)ccc1Sc1nnc2n1CCCCC2. The monoisotopic (exact) mass is 367 g/mol. The molecular weight excluding hydrogens is 350 g/mol. The molecule has 0 aliphatic carbocycles. The van der Waals surface area contributed by atoms with Crippen molar-refractivity contribution >= 4 is 27.7 Å². The molecule has 0 fully saturated rings. The number of nitrogens with zero attached hydrogens (tertiary/aromatic N) is 3. The fraction of sp³-hybridized carbons (Fsp3) is 0.467. The molecule has 1 N–H and O–H groups in total. The Kier molecular flexibility index (Phi) is 4.66. The van der Waals surface area contributed by atoms with E-state index in [2.05, 4.69) is 30.7 Å². The van der Waals surface area contributed by atoms with Crippen molar-refractivity contribution in [2.75, 3.05) is 0 Å². The summed E-state index contributed by atoms with van der Waals surface area (Å²) in [7, 11) is 0. The molecule has 2 heterocycles. The molecule has 112 valence electrons. The van der Waals surface area contributed by atoms with Crippen molar-refractivity contribution in [1.29, 1.82) is 0 Å². The van der Waals surface area contributed by atoms with E-state index in [4.69, 9.17) is 0 Å². The molecule has 0 spiro atoms. The average molecular weight is 368 g/mol. The first kappa shape index (κ1) is 15.1. The molecule has 1 aromatic heterocycles. The maximum absolute atomic E-state index is 9.96. The molecule has 0 saturated heterocycles. The summed E-state index contributed by atoms with van der Waals surface area (Å²) in [5.41, 5.74) is 0.917. The van der Waals surface area contributed by atoms with E-state index in [1.54, 1.807) is 18.7 Å². The van der Waals surface area contributed by atoms with Crippen molar-refractivity contribution in [3.63, 3.8) is 0 Å². The molecular formula is C15H18BrN3OS. The van der Waals surface area contributed by atoms with E-state index in [-0.39, 0.29) is 0 Å². The van der Waals surface area contributed by atoms with Crippen LogP contribution in [0.5, 0.6) is 0 Å². The third kappa shape index (κ3) is 3.33. The lowest BCUT2D eigenvalue weighted by Gasteiger charge is -2.12. The van der Waals surface area contributed by atoms with Gasteiger partial charge in [0.15, 0.2) is 5.16 Å². The van der Waals surface area contributed by atoms with Gasteiger partial charge in [-0.3, -0.25) is 0 Å². The summed E-state index contributed by atoms with van der Waals surface area (Å²) in [6.07, 6.45) is 4.14. The number of fused-ring (bicyclic) bond motifs is 1. The third-order valence-electron chi connectivity index (χ3n) is 3.70. The molecule has 4 nitrogen and oxygen atoms in total. The minimum atomic E-state index is -0.503. The van der Waals surface area contributed by atoms with E-state index in [1.165, 1.54) is 19.3 Å². The predicted octanol–water partition coefficient (Wildman–Crippen LogP) is 3.97. The van der Waals surface area contributed by atoms with Gasteiger partial charge < -0.3 is 9.67 Å². The van der Waals surface area contributed by atoms with Crippen molar-refractivity contribution in [1.82, 2.24) is 14.8 Å². The molecule has 2 aromatic rings. The first-order valence-electron chi connectivity index (χ1n) is 7.22. The quantitative estimate of drug-likeness (QED) is 0.891.